The standard InChI is InChI=1S/C25H28ClFN4O/c26-20-6-3-18(4-7-20)25-10-9-21(29-30-25)2-1-13-28-22-8-5-19(24(27)16-22)17-31-14-11-23(32)12-15-31/h3-10,16,23,28,32H,1-2,11-15,17H2. The smallest absolute Gasteiger partial charge is 0.129 e. The fourth-order valence-electron chi connectivity index (χ4n) is 3.87. The Balaban J connectivity index is 1.22. The van der Waals surface area contributed by atoms with Crippen LogP contribution in [0.4, 0.5) is 10.1 Å². The molecule has 5 nitrogen and oxygen atoms in total. The number of aryl methyl sites for hydroxylation is 1. The van der Waals surface area contributed by atoms with Crippen LogP contribution < -0.4 is 5.32 Å². The van der Waals surface area contributed by atoms with E-state index in [9.17, 15) is 9.50 Å². The Kier molecular flexibility index (Phi) is 7.68. The summed E-state index contributed by atoms with van der Waals surface area (Å²) in [6.07, 6.45) is 2.97. The number of halogens is 2. The topological polar surface area (TPSA) is 61.3 Å². The third-order valence-electron chi connectivity index (χ3n) is 5.80. The maximum Gasteiger partial charge on any atom is 0.129 e. The van der Waals surface area contributed by atoms with Crippen molar-refractivity contribution in [1.29, 1.82) is 0 Å². The number of aromatic nitrogens is 2. The predicted molar refractivity (Wildman–Crippen MR) is 126 cm³/mol. The first-order valence-electron chi connectivity index (χ1n) is 11.1. The van der Waals surface area contributed by atoms with E-state index >= 15 is 0 Å². The molecule has 168 valence electrons. The van der Waals surface area contributed by atoms with Crippen LogP contribution in [-0.4, -0.2) is 45.9 Å². The van der Waals surface area contributed by atoms with Gasteiger partial charge in [0.25, 0.3) is 0 Å². The van der Waals surface area contributed by atoms with Crippen molar-refractivity contribution in [2.75, 3.05) is 25.0 Å². The van der Waals surface area contributed by atoms with Gasteiger partial charge < -0.3 is 10.4 Å². The van der Waals surface area contributed by atoms with Gasteiger partial charge in [0, 0.05) is 48.0 Å². The maximum absolute atomic E-state index is 14.5. The number of nitrogens with one attached hydrogen (secondary N) is 1. The average Bonchev–Trinajstić information content (AvgIpc) is 2.81. The minimum absolute atomic E-state index is 0.190. The van der Waals surface area contributed by atoms with E-state index in [-0.39, 0.29) is 11.9 Å². The molecule has 0 saturated carbocycles. The van der Waals surface area contributed by atoms with E-state index in [1.54, 1.807) is 6.07 Å². The van der Waals surface area contributed by atoms with Gasteiger partial charge in [0.15, 0.2) is 0 Å². The van der Waals surface area contributed by atoms with Crippen LogP contribution in [0.25, 0.3) is 11.3 Å². The van der Waals surface area contributed by atoms with Gasteiger partial charge in [0.05, 0.1) is 17.5 Å². The molecular formula is C25H28ClFN4O. The average molecular weight is 455 g/mol. The zero-order chi connectivity index (χ0) is 22.3. The first kappa shape index (κ1) is 22.6. The largest absolute Gasteiger partial charge is 0.393 e. The molecule has 1 aromatic heterocycles. The van der Waals surface area contributed by atoms with Crippen molar-refractivity contribution in [3.8, 4) is 11.3 Å². The molecule has 0 atom stereocenters. The second-order valence-corrected chi connectivity index (χ2v) is 8.70. The molecule has 0 amide bonds. The number of anilines is 1. The van der Waals surface area contributed by atoms with Gasteiger partial charge in [-0.1, -0.05) is 29.8 Å². The van der Waals surface area contributed by atoms with Crippen molar-refractivity contribution in [3.05, 3.63) is 76.7 Å². The Bertz CT molecular complexity index is 1010. The van der Waals surface area contributed by atoms with Crippen molar-refractivity contribution >= 4 is 17.3 Å². The molecule has 0 bridgehead atoms. The number of likely N-dealkylation sites (tertiary alicyclic amines) is 1. The quantitative estimate of drug-likeness (QED) is 0.472. The second kappa shape index (κ2) is 10.9. The molecule has 0 spiro atoms. The lowest BCUT2D eigenvalue weighted by molar-refractivity contribution is 0.0787. The summed E-state index contributed by atoms with van der Waals surface area (Å²) in [5.74, 6) is -0.190. The number of piperidine rings is 1. The van der Waals surface area contributed by atoms with Gasteiger partial charge in [-0.25, -0.2) is 4.39 Å². The molecular weight excluding hydrogens is 427 g/mol. The van der Waals surface area contributed by atoms with Crippen molar-refractivity contribution in [2.45, 2.75) is 38.3 Å². The summed E-state index contributed by atoms with van der Waals surface area (Å²) in [6, 6.07) is 16.8. The van der Waals surface area contributed by atoms with Gasteiger partial charge in [-0.2, -0.15) is 10.2 Å². The fraction of sp³-hybridized carbons (Fsp3) is 0.360. The Morgan fingerprint density at radius 1 is 1.03 bits per heavy atom. The number of hydrogen-bond donors (Lipinski definition) is 2. The normalized spacial score (nSPS) is 15.1. The molecule has 0 unspecified atom stereocenters. The summed E-state index contributed by atoms with van der Waals surface area (Å²) in [4.78, 5) is 2.19. The third kappa shape index (κ3) is 6.25. The van der Waals surface area contributed by atoms with Crippen LogP contribution >= 0.6 is 11.6 Å². The first-order chi connectivity index (χ1) is 15.6. The fourth-order valence-corrected chi connectivity index (χ4v) is 4.00. The number of nitrogens with zero attached hydrogens (tertiary/aromatic N) is 3. The third-order valence-corrected chi connectivity index (χ3v) is 6.05. The highest BCUT2D eigenvalue weighted by atomic mass is 35.5. The molecule has 1 saturated heterocycles. The van der Waals surface area contributed by atoms with Crippen molar-refractivity contribution in [3.63, 3.8) is 0 Å². The van der Waals surface area contributed by atoms with E-state index in [1.165, 1.54) is 0 Å². The number of aliphatic hydroxyl groups excluding tert-OH is 1. The van der Waals surface area contributed by atoms with Crippen LogP contribution in [0.1, 0.15) is 30.5 Å². The lowest BCUT2D eigenvalue weighted by Crippen LogP contribution is -2.35. The highest BCUT2D eigenvalue weighted by Crippen LogP contribution is 2.20. The van der Waals surface area contributed by atoms with Crippen LogP contribution in [0, 0.1) is 5.82 Å². The molecule has 0 aliphatic carbocycles. The molecule has 2 N–H and O–H groups in total. The molecule has 1 fully saturated rings. The summed E-state index contributed by atoms with van der Waals surface area (Å²) in [7, 11) is 0. The zero-order valence-corrected chi connectivity index (χ0v) is 18.7. The van der Waals surface area contributed by atoms with E-state index < -0.39 is 0 Å². The monoisotopic (exact) mass is 454 g/mol. The summed E-state index contributed by atoms with van der Waals surface area (Å²) in [6.45, 7) is 2.93. The molecule has 2 aromatic carbocycles. The Labute approximate surface area is 193 Å². The molecule has 1 aliphatic rings. The van der Waals surface area contributed by atoms with Gasteiger partial charge in [-0.05, 0) is 62.1 Å². The van der Waals surface area contributed by atoms with Gasteiger partial charge >= 0.3 is 0 Å². The van der Waals surface area contributed by atoms with E-state index in [2.05, 4.69) is 20.4 Å². The maximum atomic E-state index is 14.5. The van der Waals surface area contributed by atoms with Crippen molar-refractivity contribution in [1.82, 2.24) is 15.1 Å². The molecule has 32 heavy (non-hydrogen) atoms. The minimum Gasteiger partial charge on any atom is -0.393 e. The minimum atomic E-state index is -0.213. The molecule has 2 heterocycles. The molecule has 0 radical (unpaired) electrons. The highest BCUT2D eigenvalue weighted by Gasteiger charge is 2.18. The summed E-state index contributed by atoms with van der Waals surface area (Å²) >= 11 is 5.93. The zero-order valence-electron chi connectivity index (χ0n) is 18.0. The van der Waals surface area contributed by atoms with Crippen LogP contribution in [0.15, 0.2) is 54.6 Å². The lowest BCUT2D eigenvalue weighted by Gasteiger charge is -2.29. The van der Waals surface area contributed by atoms with Crippen LogP contribution in [-0.2, 0) is 13.0 Å². The van der Waals surface area contributed by atoms with Gasteiger partial charge in [-0.15, -0.1) is 0 Å². The lowest BCUT2D eigenvalue weighted by atomic mass is 10.1. The SMILES string of the molecule is OC1CCN(Cc2ccc(NCCCc3ccc(-c4ccc(Cl)cc4)nn3)cc2F)CC1. The Morgan fingerprint density at radius 3 is 2.50 bits per heavy atom. The van der Waals surface area contributed by atoms with Gasteiger partial charge in [0.1, 0.15) is 5.82 Å². The molecule has 7 heteroatoms. The van der Waals surface area contributed by atoms with Crippen LogP contribution in [0.2, 0.25) is 5.02 Å². The van der Waals surface area contributed by atoms with Gasteiger partial charge in [-0.3, -0.25) is 4.90 Å². The first-order valence-corrected chi connectivity index (χ1v) is 11.5. The van der Waals surface area contributed by atoms with E-state index in [0.717, 1.165) is 68.0 Å². The summed E-state index contributed by atoms with van der Waals surface area (Å²) in [5.41, 5.74) is 4.21. The predicted octanol–water partition coefficient (Wildman–Crippen LogP) is 4.94. The second-order valence-electron chi connectivity index (χ2n) is 8.26. The van der Waals surface area contributed by atoms with E-state index in [4.69, 9.17) is 11.6 Å². The van der Waals surface area contributed by atoms with Crippen LogP contribution in [0.3, 0.4) is 0 Å². The number of aliphatic hydroxyl groups is 1. The number of hydrogen-bond acceptors (Lipinski definition) is 5. The Hall–Kier alpha value is -2.54. The summed E-state index contributed by atoms with van der Waals surface area (Å²) < 4.78 is 14.5. The molecule has 3 aromatic rings. The summed E-state index contributed by atoms with van der Waals surface area (Å²) in [5, 5.41) is 22.2. The number of benzene rings is 2. The van der Waals surface area contributed by atoms with Crippen molar-refractivity contribution in [2.24, 2.45) is 0 Å². The Morgan fingerprint density at radius 2 is 1.81 bits per heavy atom. The number of rotatable bonds is 8. The van der Waals surface area contributed by atoms with E-state index in [0.29, 0.717) is 17.1 Å². The molecule has 4 rings (SSSR count). The van der Waals surface area contributed by atoms with E-state index in [1.807, 2.05) is 48.5 Å². The molecule has 1 aliphatic heterocycles. The van der Waals surface area contributed by atoms with Crippen LogP contribution in [0.5, 0.6) is 0 Å². The highest BCUT2D eigenvalue weighted by molar-refractivity contribution is 6.30. The van der Waals surface area contributed by atoms with Crippen molar-refractivity contribution < 1.29 is 9.50 Å². The van der Waals surface area contributed by atoms with Gasteiger partial charge in [0.2, 0.25) is 0 Å².